The average molecular weight is 356 g/mol. The molecular weight excluding hydrogens is 340 g/mol. The van der Waals surface area contributed by atoms with E-state index >= 15 is 0 Å². The first-order valence-electron chi connectivity index (χ1n) is 7.56. The smallest absolute Gasteiger partial charge is 0.308 e. The molecule has 1 aromatic heterocycles. The quantitative estimate of drug-likeness (QED) is 0.561. The van der Waals surface area contributed by atoms with Gasteiger partial charge in [0.2, 0.25) is 10.0 Å². The van der Waals surface area contributed by atoms with Crippen molar-refractivity contribution in [3.63, 3.8) is 0 Å². The molecule has 0 radical (unpaired) electrons. The minimum atomic E-state index is -3.68. The van der Waals surface area contributed by atoms with Gasteiger partial charge in [-0.05, 0) is 41.8 Å². The van der Waals surface area contributed by atoms with Gasteiger partial charge in [-0.2, -0.15) is 0 Å². The predicted molar refractivity (Wildman–Crippen MR) is 93.5 cm³/mol. The van der Waals surface area contributed by atoms with Gasteiger partial charge in [-0.1, -0.05) is 18.2 Å². The highest BCUT2D eigenvalue weighted by Gasteiger charge is 2.15. The SMILES string of the molecule is CC(=O)Oc1cccc2cc(S(=O)(=O)NCc3ccccn3)ccc12. The van der Waals surface area contributed by atoms with Crippen LogP contribution in [0, 0.1) is 0 Å². The Balaban J connectivity index is 1.89. The lowest BCUT2D eigenvalue weighted by atomic mass is 10.1. The van der Waals surface area contributed by atoms with Gasteiger partial charge in [-0.15, -0.1) is 0 Å². The number of ether oxygens (including phenoxy) is 1. The normalized spacial score (nSPS) is 11.4. The number of nitrogens with one attached hydrogen (secondary N) is 1. The van der Waals surface area contributed by atoms with Crippen molar-refractivity contribution < 1.29 is 17.9 Å². The minimum Gasteiger partial charge on any atom is -0.426 e. The Labute approximate surface area is 145 Å². The van der Waals surface area contributed by atoms with Gasteiger partial charge in [0.25, 0.3) is 0 Å². The van der Waals surface area contributed by atoms with E-state index in [2.05, 4.69) is 9.71 Å². The van der Waals surface area contributed by atoms with Crippen LogP contribution in [0.25, 0.3) is 10.8 Å². The number of nitrogens with zero attached hydrogens (tertiary/aromatic N) is 1. The summed E-state index contributed by atoms with van der Waals surface area (Å²) in [5.41, 5.74) is 0.629. The number of benzene rings is 2. The number of aromatic nitrogens is 1. The zero-order valence-electron chi connectivity index (χ0n) is 13.5. The van der Waals surface area contributed by atoms with Crippen molar-refractivity contribution >= 4 is 26.8 Å². The van der Waals surface area contributed by atoms with Crippen LogP contribution in [-0.4, -0.2) is 19.4 Å². The number of carbonyl (C=O) groups excluding carboxylic acids is 1. The fourth-order valence-corrected chi connectivity index (χ4v) is 3.43. The van der Waals surface area contributed by atoms with E-state index in [0.717, 1.165) is 0 Å². The molecule has 1 N–H and O–H groups in total. The number of esters is 1. The summed E-state index contributed by atoms with van der Waals surface area (Å²) in [5.74, 6) is -0.0309. The van der Waals surface area contributed by atoms with Crippen LogP contribution in [0.1, 0.15) is 12.6 Å². The van der Waals surface area contributed by atoms with E-state index in [0.29, 0.717) is 22.2 Å². The number of hydrogen-bond donors (Lipinski definition) is 1. The van der Waals surface area contributed by atoms with Crippen LogP contribution in [0.4, 0.5) is 0 Å². The van der Waals surface area contributed by atoms with E-state index in [1.807, 2.05) is 0 Å². The summed E-state index contributed by atoms with van der Waals surface area (Å²) in [6.45, 7) is 1.42. The molecule has 7 heteroatoms. The Kier molecular flexibility index (Phi) is 4.78. The van der Waals surface area contributed by atoms with Crippen LogP contribution in [-0.2, 0) is 21.4 Å². The van der Waals surface area contributed by atoms with Gasteiger partial charge >= 0.3 is 5.97 Å². The van der Waals surface area contributed by atoms with Crippen LogP contribution in [0.3, 0.4) is 0 Å². The molecule has 6 nitrogen and oxygen atoms in total. The second-order valence-corrected chi connectivity index (χ2v) is 7.15. The van der Waals surface area contributed by atoms with E-state index in [4.69, 9.17) is 4.74 Å². The predicted octanol–water partition coefficient (Wildman–Crippen LogP) is 2.64. The molecule has 0 aliphatic carbocycles. The number of fused-ring (bicyclic) bond motifs is 1. The Morgan fingerprint density at radius 1 is 1.12 bits per heavy atom. The third-order valence-electron chi connectivity index (χ3n) is 3.55. The van der Waals surface area contributed by atoms with Crippen molar-refractivity contribution in [1.29, 1.82) is 0 Å². The lowest BCUT2D eigenvalue weighted by molar-refractivity contribution is -0.131. The molecule has 0 amide bonds. The van der Waals surface area contributed by atoms with Crippen molar-refractivity contribution in [2.24, 2.45) is 0 Å². The van der Waals surface area contributed by atoms with E-state index < -0.39 is 16.0 Å². The molecule has 0 spiro atoms. The molecular formula is C18H16N2O4S. The molecule has 3 rings (SSSR count). The molecule has 0 fully saturated rings. The number of pyridine rings is 1. The summed E-state index contributed by atoms with van der Waals surface area (Å²) in [7, 11) is -3.68. The zero-order valence-corrected chi connectivity index (χ0v) is 14.3. The van der Waals surface area contributed by atoms with Crippen LogP contribution in [0.15, 0.2) is 65.7 Å². The second kappa shape index (κ2) is 7.00. The molecule has 0 aliphatic rings. The highest BCUT2D eigenvalue weighted by atomic mass is 32.2. The highest BCUT2D eigenvalue weighted by molar-refractivity contribution is 7.89. The van der Waals surface area contributed by atoms with Crippen molar-refractivity contribution in [3.05, 3.63) is 66.5 Å². The molecule has 0 atom stereocenters. The van der Waals surface area contributed by atoms with Crippen LogP contribution in [0.5, 0.6) is 5.75 Å². The summed E-state index contributed by atoms with van der Waals surface area (Å²) >= 11 is 0. The first-order valence-corrected chi connectivity index (χ1v) is 9.05. The third kappa shape index (κ3) is 4.01. The Morgan fingerprint density at radius 3 is 2.68 bits per heavy atom. The van der Waals surface area contributed by atoms with Gasteiger partial charge in [0.05, 0.1) is 17.1 Å². The topological polar surface area (TPSA) is 85.4 Å². The summed E-state index contributed by atoms with van der Waals surface area (Å²) in [5, 5.41) is 1.33. The Hall–Kier alpha value is -2.77. The fraction of sp³-hybridized carbons (Fsp3) is 0.111. The molecule has 2 aromatic carbocycles. The monoisotopic (exact) mass is 356 g/mol. The lowest BCUT2D eigenvalue weighted by Gasteiger charge is -2.09. The first kappa shape index (κ1) is 17.1. The van der Waals surface area contributed by atoms with Crippen molar-refractivity contribution in [2.45, 2.75) is 18.4 Å². The maximum Gasteiger partial charge on any atom is 0.308 e. The Bertz CT molecular complexity index is 1020. The van der Waals surface area contributed by atoms with E-state index in [1.54, 1.807) is 54.7 Å². The molecule has 0 unspecified atom stereocenters. The molecule has 3 aromatic rings. The number of carbonyl (C=O) groups is 1. The number of hydrogen-bond acceptors (Lipinski definition) is 5. The lowest BCUT2D eigenvalue weighted by Crippen LogP contribution is -2.23. The maximum absolute atomic E-state index is 12.5. The molecule has 0 aliphatic heterocycles. The first-order chi connectivity index (χ1) is 12.0. The standard InChI is InChI=1S/C18H16N2O4S/c1-13(21)24-18-7-4-5-14-11-16(8-9-17(14)18)25(22,23)20-12-15-6-2-3-10-19-15/h2-11,20H,12H2,1H3. The van der Waals surface area contributed by atoms with Crippen LogP contribution < -0.4 is 9.46 Å². The average Bonchev–Trinajstić information content (AvgIpc) is 2.60. The van der Waals surface area contributed by atoms with E-state index in [1.165, 1.54) is 13.0 Å². The van der Waals surface area contributed by atoms with Crippen LogP contribution in [0.2, 0.25) is 0 Å². The summed E-state index contributed by atoms with van der Waals surface area (Å²) in [6, 6.07) is 15.1. The number of rotatable bonds is 5. The molecule has 0 bridgehead atoms. The molecule has 0 saturated heterocycles. The van der Waals surface area contributed by atoms with E-state index in [9.17, 15) is 13.2 Å². The van der Waals surface area contributed by atoms with Gasteiger partial charge < -0.3 is 4.74 Å². The Morgan fingerprint density at radius 2 is 1.96 bits per heavy atom. The highest BCUT2D eigenvalue weighted by Crippen LogP contribution is 2.27. The summed E-state index contributed by atoms with van der Waals surface area (Å²) < 4.78 is 32.6. The van der Waals surface area contributed by atoms with Gasteiger partial charge in [0, 0.05) is 18.5 Å². The van der Waals surface area contributed by atoms with Crippen LogP contribution >= 0.6 is 0 Å². The molecule has 1 heterocycles. The maximum atomic E-state index is 12.5. The number of sulfonamides is 1. The van der Waals surface area contributed by atoms with Crippen molar-refractivity contribution in [1.82, 2.24) is 9.71 Å². The van der Waals surface area contributed by atoms with Gasteiger partial charge in [-0.3, -0.25) is 9.78 Å². The third-order valence-corrected chi connectivity index (χ3v) is 4.94. The summed E-state index contributed by atoms with van der Waals surface area (Å²) in [6.07, 6.45) is 1.61. The summed E-state index contributed by atoms with van der Waals surface area (Å²) in [4.78, 5) is 15.4. The molecule has 25 heavy (non-hydrogen) atoms. The van der Waals surface area contributed by atoms with Gasteiger partial charge in [-0.25, -0.2) is 13.1 Å². The molecule has 128 valence electrons. The minimum absolute atomic E-state index is 0.106. The molecule has 0 saturated carbocycles. The zero-order chi connectivity index (χ0) is 17.9. The van der Waals surface area contributed by atoms with Crippen molar-refractivity contribution in [3.8, 4) is 5.75 Å². The van der Waals surface area contributed by atoms with E-state index in [-0.39, 0.29) is 11.4 Å². The van der Waals surface area contributed by atoms with Gasteiger partial charge in [0.1, 0.15) is 5.75 Å². The largest absolute Gasteiger partial charge is 0.426 e. The fourth-order valence-electron chi connectivity index (χ4n) is 2.40. The van der Waals surface area contributed by atoms with Gasteiger partial charge in [0.15, 0.2) is 0 Å². The second-order valence-electron chi connectivity index (χ2n) is 5.38. The van der Waals surface area contributed by atoms with Crippen molar-refractivity contribution in [2.75, 3.05) is 0 Å².